The number of rotatable bonds is 2. The molecule has 1 aliphatic rings. The van der Waals surface area contributed by atoms with Crippen molar-refractivity contribution in [1.29, 1.82) is 0 Å². The number of carbonyl (C=O) groups is 1. The van der Waals surface area contributed by atoms with Gasteiger partial charge in [0.05, 0.1) is 11.4 Å². The third kappa shape index (κ3) is 1.92. The van der Waals surface area contributed by atoms with Crippen LogP contribution in [0.15, 0.2) is 22.7 Å². The summed E-state index contributed by atoms with van der Waals surface area (Å²) in [7, 11) is 1.92. The Labute approximate surface area is 103 Å². The van der Waals surface area contributed by atoms with Crippen molar-refractivity contribution in [3.63, 3.8) is 0 Å². The van der Waals surface area contributed by atoms with Crippen LogP contribution in [0.1, 0.15) is 6.42 Å². The summed E-state index contributed by atoms with van der Waals surface area (Å²) in [6, 6.07) is 5.63. The quantitative estimate of drug-likeness (QED) is 0.866. The molecule has 0 saturated heterocycles. The lowest BCUT2D eigenvalue weighted by Crippen LogP contribution is -2.46. The summed E-state index contributed by atoms with van der Waals surface area (Å²) in [5.74, 6) is 0.0165. The molecule has 1 heterocycles. The molecular formula is C11H14BrN3O. The van der Waals surface area contributed by atoms with E-state index in [0.717, 1.165) is 15.8 Å². The number of fused-ring (bicyclic) bond motifs is 1. The Balaban J connectivity index is 2.38. The number of likely N-dealkylation sites (N-methyl/N-ethyl adjacent to an activating group) is 1. The van der Waals surface area contributed by atoms with Crippen molar-refractivity contribution >= 4 is 33.2 Å². The van der Waals surface area contributed by atoms with Crippen molar-refractivity contribution in [2.45, 2.75) is 12.5 Å². The molecule has 0 aliphatic carbocycles. The molecule has 1 aromatic rings. The highest BCUT2D eigenvalue weighted by Gasteiger charge is 2.29. The molecule has 0 radical (unpaired) electrons. The number of nitrogens with zero attached hydrogens (tertiary/aromatic N) is 1. The Morgan fingerprint density at radius 2 is 2.31 bits per heavy atom. The third-order valence-electron chi connectivity index (χ3n) is 2.81. The molecule has 16 heavy (non-hydrogen) atoms. The molecule has 1 amide bonds. The average Bonchev–Trinajstić information content (AvgIpc) is 2.26. The molecule has 0 fully saturated rings. The molecule has 2 rings (SSSR count). The SMILES string of the molecule is CN1c2cc(Br)ccc2NC(=O)C1CCN. The van der Waals surface area contributed by atoms with Gasteiger partial charge in [0, 0.05) is 11.5 Å². The summed E-state index contributed by atoms with van der Waals surface area (Å²) in [6.07, 6.45) is 0.661. The van der Waals surface area contributed by atoms with Crippen molar-refractivity contribution in [2.75, 3.05) is 23.8 Å². The summed E-state index contributed by atoms with van der Waals surface area (Å²) in [5, 5.41) is 2.90. The minimum absolute atomic E-state index is 0.0165. The second-order valence-electron chi connectivity index (χ2n) is 3.85. The number of nitrogens with one attached hydrogen (secondary N) is 1. The normalized spacial score (nSPS) is 19.3. The monoisotopic (exact) mass is 283 g/mol. The Morgan fingerprint density at radius 3 is 3.00 bits per heavy atom. The van der Waals surface area contributed by atoms with Crippen LogP contribution < -0.4 is 16.0 Å². The maximum absolute atomic E-state index is 11.8. The number of halogens is 1. The van der Waals surface area contributed by atoms with Gasteiger partial charge in [-0.2, -0.15) is 0 Å². The van der Waals surface area contributed by atoms with E-state index in [0.29, 0.717) is 13.0 Å². The number of hydrogen-bond acceptors (Lipinski definition) is 3. The first-order valence-corrected chi connectivity index (χ1v) is 5.96. The van der Waals surface area contributed by atoms with Crippen LogP contribution in [0.3, 0.4) is 0 Å². The van der Waals surface area contributed by atoms with Gasteiger partial charge >= 0.3 is 0 Å². The van der Waals surface area contributed by atoms with E-state index in [1.54, 1.807) is 0 Å². The van der Waals surface area contributed by atoms with Crippen LogP contribution >= 0.6 is 15.9 Å². The standard InChI is InChI=1S/C11H14BrN3O/c1-15-9(4-5-13)11(16)14-8-3-2-7(12)6-10(8)15/h2-3,6,9H,4-5,13H2,1H3,(H,14,16). The maximum Gasteiger partial charge on any atom is 0.247 e. The largest absolute Gasteiger partial charge is 0.361 e. The fraction of sp³-hybridized carbons (Fsp3) is 0.364. The van der Waals surface area contributed by atoms with E-state index in [9.17, 15) is 4.79 Å². The fourth-order valence-corrected chi connectivity index (χ4v) is 2.29. The van der Waals surface area contributed by atoms with E-state index >= 15 is 0 Å². The van der Waals surface area contributed by atoms with Gasteiger partial charge in [0.15, 0.2) is 0 Å². The van der Waals surface area contributed by atoms with Gasteiger partial charge in [0.25, 0.3) is 0 Å². The van der Waals surface area contributed by atoms with E-state index in [1.165, 1.54) is 0 Å². The van der Waals surface area contributed by atoms with Crippen molar-refractivity contribution < 1.29 is 4.79 Å². The second kappa shape index (κ2) is 4.43. The Kier molecular flexibility index (Phi) is 3.16. The smallest absolute Gasteiger partial charge is 0.247 e. The zero-order valence-electron chi connectivity index (χ0n) is 9.03. The van der Waals surface area contributed by atoms with Gasteiger partial charge in [0.1, 0.15) is 6.04 Å². The highest BCUT2D eigenvalue weighted by atomic mass is 79.9. The molecule has 1 unspecified atom stereocenters. The number of anilines is 2. The number of nitrogens with two attached hydrogens (primary N) is 1. The van der Waals surface area contributed by atoms with Crippen LogP contribution in [0.2, 0.25) is 0 Å². The van der Waals surface area contributed by atoms with Gasteiger partial charge in [0.2, 0.25) is 5.91 Å². The first-order valence-electron chi connectivity index (χ1n) is 5.17. The van der Waals surface area contributed by atoms with Gasteiger partial charge < -0.3 is 16.0 Å². The lowest BCUT2D eigenvalue weighted by molar-refractivity contribution is -0.117. The van der Waals surface area contributed by atoms with Crippen LogP contribution in [-0.2, 0) is 4.79 Å². The summed E-state index contributed by atoms with van der Waals surface area (Å²) < 4.78 is 1.00. The Hall–Kier alpha value is -1.07. The van der Waals surface area contributed by atoms with E-state index in [1.807, 2.05) is 30.1 Å². The predicted octanol–water partition coefficient (Wildman–Crippen LogP) is 1.55. The first-order chi connectivity index (χ1) is 7.63. The summed E-state index contributed by atoms with van der Waals surface area (Å²) >= 11 is 3.43. The molecule has 0 bridgehead atoms. The molecular weight excluding hydrogens is 270 g/mol. The lowest BCUT2D eigenvalue weighted by Gasteiger charge is -2.35. The van der Waals surface area contributed by atoms with Crippen molar-refractivity contribution in [3.8, 4) is 0 Å². The number of benzene rings is 1. The lowest BCUT2D eigenvalue weighted by atomic mass is 10.1. The summed E-state index contributed by atoms with van der Waals surface area (Å²) in [6.45, 7) is 0.506. The van der Waals surface area contributed by atoms with Gasteiger partial charge in [-0.25, -0.2) is 0 Å². The number of hydrogen-bond donors (Lipinski definition) is 2. The Morgan fingerprint density at radius 1 is 1.56 bits per heavy atom. The molecule has 0 aromatic heterocycles. The van der Waals surface area contributed by atoms with E-state index in [4.69, 9.17) is 5.73 Å². The minimum atomic E-state index is -0.174. The maximum atomic E-state index is 11.8. The molecule has 3 N–H and O–H groups in total. The number of amides is 1. The molecule has 0 spiro atoms. The average molecular weight is 284 g/mol. The fourth-order valence-electron chi connectivity index (χ4n) is 1.94. The summed E-state index contributed by atoms with van der Waals surface area (Å²) in [4.78, 5) is 13.8. The van der Waals surface area contributed by atoms with Crippen molar-refractivity contribution in [3.05, 3.63) is 22.7 Å². The Bertz CT molecular complexity index is 422. The van der Waals surface area contributed by atoms with Crippen LogP contribution in [0.4, 0.5) is 11.4 Å². The van der Waals surface area contributed by atoms with Gasteiger partial charge in [-0.3, -0.25) is 4.79 Å². The summed E-state index contributed by atoms with van der Waals surface area (Å²) in [5.41, 5.74) is 7.39. The molecule has 5 heteroatoms. The molecule has 86 valence electrons. The molecule has 1 aromatic carbocycles. The van der Waals surface area contributed by atoms with Crippen LogP contribution in [0.25, 0.3) is 0 Å². The second-order valence-corrected chi connectivity index (χ2v) is 4.77. The first kappa shape index (κ1) is 11.4. The zero-order chi connectivity index (χ0) is 11.7. The van der Waals surface area contributed by atoms with Gasteiger partial charge in [-0.1, -0.05) is 15.9 Å². The molecule has 1 atom stereocenters. The highest BCUT2D eigenvalue weighted by Crippen LogP contribution is 2.33. The van der Waals surface area contributed by atoms with E-state index < -0.39 is 0 Å². The van der Waals surface area contributed by atoms with Crippen LogP contribution in [-0.4, -0.2) is 25.5 Å². The van der Waals surface area contributed by atoms with E-state index in [2.05, 4.69) is 21.2 Å². The zero-order valence-corrected chi connectivity index (χ0v) is 10.6. The highest BCUT2D eigenvalue weighted by molar-refractivity contribution is 9.10. The van der Waals surface area contributed by atoms with Gasteiger partial charge in [-0.15, -0.1) is 0 Å². The van der Waals surface area contributed by atoms with Crippen molar-refractivity contribution in [2.24, 2.45) is 5.73 Å². The minimum Gasteiger partial charge on any atom is -0.361 e. The van der Waals surface area contributed by atoms with Crippen LogP contribution in [0, 0.1) is 0 Å². The topological polar surface area (TPSA) is 58.4 Å². The number of carbonyl (C=O) groups excluding carboxylic acids is 1. The predicted molar refractivity (Wildman–Crippen MR) is 68.6 cm³/mol. The third-order valence-corrected chi connectivity index (χ3v) is 3.30. The van der Waals surface area contributed by atoms with Crippen LogP contribution in [0.5, 0.6) is 0 Å². The van der Waals surface area contributed by atoms with Crippen molar-refractivity contribution in [1.82, 2.24) is 0 Å². The molecule has 4 nitrogen and oxygen atoms in total. The van der Waals surface area contributed by atoms with Gasteiger partial charge in [-0.05, 0) is 31.2 Å². The molecule has 0 saturated carbocycles. The molecule has 1 aliphatic heterocycles. The van der Waals surface area contributed by atoms with E-state index in [-0.39, 0.29) is 11.9 Å².